The highest BCUT2D eigenvalue weighted by molar-refractivity contribution is 5.87. The molecule has 3 aromatic rings. The molecule has 20 heavy (non-hydrogen) atoms. The first-order chi connectivity index (χ1) is 9.92. The number of benzene rings is 3. The van der Waals surface area contributed by atoms with E-state index < -0.39 is 0 Å². The van der Waals surface area contributed by atoms with Crippen LogP contribution in [-0.4, -0.2) is 0 Å². The van der Waals surface area contributed by atoms with Crippen molar-refractivity contribution in [2.45, 2.75) is 19.0 Å². The minimum atomic E-state index is 0.425. The first-order valence-corrected chi connectivity index (χ1v) is 7.19. The maximum atomic E-state index is 3.66. The lowest BCUT2D eigenvalue weighted by Crippen LogP contribution is -2.28. The largest absolute Gasteiger partial charge is 0.306 e. The highest BCUT2D eigenvalue weighted by atomic mass is 14.9. The van der Waals surface area contributed by atoms with E-state index in [1.54, 1.807) is 0 Å². The molecule has 1 nitrogen and oxygen atoms in total. The molecule has 1 N–H and O–H groups in total. The molecular weight excluding hydrogens is 242 g/mol. The summed E-state index contributed by atoms with van der Waals surface area (Å²) in [6.45, 7) is 0.958. The van der Waals surface area contributed by atoms with Crippen molar-refractivity contribution in [3.63, 3.8) is 0 Å². The second kappa shape index (κ2) is 4.77. The maximum absolute atomic E-state index is 3.66. The quantitative estimate of drug-likeness (QED) is 0.689. The predicted octanol–water partition coefficient (Wildman–Crippen LogP) is 4.23. The number of fused-ring (bicyclic) bond motifs is 3. The molecule has 0 aromatic heterocycles. The van der Waals surface area contributed by atoms with Crippen LogP contribution in [0.15, 0.2) is 66.7 Å². The molecule has 0 saturated carbocycles. The van der Waals surface area contributed by atoms with Crippen LogP contribution in [0.2, 0.25) is 0 Å². The first kappa shape index (κ1) is 11.7. The Bertz CT molecular complexity index is 746. The zero-order valence-electron chi connectivity index (χ0n) is 11.3. The van der Waals surface area contributed by atoms with E-state index in [2.05, 4.69) is 72.0 Å². The van der Waals surface area contributed by atoms with Gasteiger partial charge in [0.1, 0.15) is 0 Å². The van der Waals surface area contributed by atoms with Gasteiger partial charge in [0, 0.05) is 12.6 Å². The summed E-state index contributed by atoms with van der Waals surface area (Å²) in [5.41, 5.74) is 4.33. The summed E-state index contributed by atoms with van der Waals surface area (Å²) < 4.78 is 0. The average Bonchev–Trinajstić information content (AvgIpc) is 2.55. The van der Waals surface area contributed by atoms with Crippen molar-refractivity contribution in [2.75, 3.05) is 0 Å². The van der Waals surface area contributed by atoms with Crippen LogP contribution in [0.25, 0.3) is 10.8 Å². The van der Waals surface area contributed by atoms with Crippen molar-refractivity contribution < 1.29 is 0 Å². The Labute approximate surface area is 119 Å². The molecule has 0 aliphatic carbocycles. The lowest BCUT2D eigenvalue weighted by molar-refractivity contribution is 0.501. The normalized spacial score (nSPS) is 17.9. The standard InChI is InChI=1S/C19H17N/c1-2-7-15(8-3-1)19-12-18-16(13-20-19)11-10-14-6-4-5-9-17(14)18/h1-11,19-20H,12-13H2. The van der Waals surface area contributed by atoms with Crippen molar-refractivity contribution in [1.82, 2.24) is 5.32 Å². The molecule has 1 heterocycles. The average molecular weight is 259 g/mol. The fraction of sp³-hybridized carbons (Fsp3) is 0.158. The number of hydrogen-bond acceptors (Lipinski definition) is 1. The zero-order valence-corrected chi connectivity index (χ0v) is 11.3. The third-order valence-electron chi connectivity index (χ3n) is 4.29. The Morgan fingerprint density at radius 1 is 0.800 bits per heavy atom. The van der Waals surface area contributed by atoms with Gasteiger partial charge in [-0.1, -0.05) is 66.7 Å². The topological polar surface area (TPSA) is 12.0 Å². The van der Waals surface area contributed by atoms with Gasteiger partial charge < -0.3 is 5.32 Å². The molecule has 0 saturated heterocycles. The van der Waals surface area contributed by atoms with E-state index in [1.807, 2.05) is 0 Å². The summed E-state index contributed by atoms with van der Waals surface area (Å²) in [6.07, 6.45) is 1.07. The fourth-order valence-electron chi connectivity index (χ4n) is 3.22. The van der Waals surface area contributed by atoms with Crippen LogP contribution in [0.3, 0.4) is 0 Å². The summed E-state index contributed by atoms with van der Waals surface area (Å²) >= 11 is 0. The van der Waals surface area contributed by atoms with E-state index in [-0.39, 0.29) is 0 Å². The lowest BCUT2D eigenvalue weighted by Gasteiger charge is -2.27. The number of hydrogen-bond donors (Lipinski definition) is 1. The summed E-state index contributed by atoms with van der Waals surface area (Å²) in [5, 5.41) is 6.41. The predicted molar refractivity (Wildman–Crippen MR) is 83.7 cm³/mol. The molecule has 0 bridgehead atoms. The second-order valence-corrected chi connectivity index (χ2v) is 5.47. The van der Waals surface area contributed by atoms with Gasteiger partial charge >= 0.3 is 0 Å². The molecule has 0 spiro atoms. The van der Waals surface area contributed by atoms with Crippen molar-refractivity contribution >= 4 is 10.8 Å². The Balaban J connectivity index is 1.80. The molecule has 0 fully saturated rings. The molecule has 1 unspecified atom stereocenters. The highest BCUT2D eigenvalue weighted by Gasteiger charge is 2.20. The van der Waals surface area contributed by atoms with E-state index in [0.717, 1.165) is 13.0 Å². The minimum Gasteiger partial charge on any atom is -0.306 e. The number of rotatable bonds is 1. The van der Waals surface area contributed by atoms with Gasteiger partial charge in [0.05, 0.1) is 0 Å². The van der Waals surface area contributed by atoms with E-state index in [1.165, 1.54) is 27.5 Å². The summed E-state index contributed by atoms with van der Waals surface area (Å²) in [5.74, 6) is 0. The number of nitrogens with one attached hydrogen (secondary N) is 1. The first-order valence-electron chi connectivity index (χ1n) is 7.19. The van der Waals surface area contributed by atoms with Crippen LogP contribution >= 0.6 is 0 Å². The monoisotopic (exact) mass is 259 g/mol. The van der Waals surface area contributed by atoms with Crippen LogP contribution in [0.5, 0.6) is 0 Å². The van der Waals surface area contributed by atoms with Gasteiger partial charge in [-0.3, -0.25) is 0 Å². The molecule has 0 amide bonds. The molecule has 98 valence electrons. The van der Waals surface area contributed by atoms with Crippen molar-refractivity contribution in [2.24, 2.45) is 0 Å². The van der Waals surface area contributed by atoms with Gasteiger partial charge in [0.2, 0.25) is 0 Å². The van der Waals surface area contributed by atoms with Crippen LogP contribution in [0, 0.1) is 0 Å². The van der Waals surface area contributed by atoms with E-state index in [9.17, 15) is 0 Å². The Hall–Kier alpha value is -2.12. The highest BCUT2D eigenvalue weighted by Crippen LogP contribution is 2.31. The summed E-state index contributed by atoms with van der Waals surface area (Å²) in [6, 6.07) is 24.4. The molecule has 4 rings (SSSR count). The van der Waals surface area contributed by atoms with Crippen molar-refractivity contribution in [3.05, 3.63) is 83.4 Å². The van der Waals surface area contributed by atoms with Crippen molar-refractivity contribution in [3.8, 4) is 0 Å². The molecule has 3 aromatic carbocycles. The van der Waals surface area contributed by atoms with E-state index in [4.69, 9.17) is 0 Å². The summed E-state index contributed by atoms with van der Waals surface area (Å²) in [4.78, 5) is 0. The van der Waals surface area contributed by atoms with Gasteiger partial charge in [-0.15, -0.1) is 0 Å². The van der Waals surface area contributed by atoms with E-state index >= 15 is 0 Å². The molecule has 1 atom stereocenters. The molecule has 1 heteroatoms. The molecule has 1 aliphatic rings. The Morgan fingerprint density at radius 2 is 1.60 bits per heavy atom. The van der Waals surface area contributed by atoms with Gasteiger partial charge in [0.25, 0.3) is 0 Å². The zero-order chi connectivity index (χ0) is 13.4. The van der Waals surface area contributed by atoms with Gasteiger partial charge in [-0.25, -0.2) is 0 Å². The van der Waals surface area contributed by atoms with Crippen LogP contribution < -0.4 is 5.32 Å². The van der Waals surface area contributed by atoms with Gasteiger partial charge in [-0.05, 0) is 33.9 Å². The van der Waals surface area contributed by atoms with Crippen LogP contribution in [-0.2, 0) is 13.0 Å². The SMILES string of the molecule is c1ccc(C2Cc3c(ccc4ccccc34)CN2)cc1. The van der Waals surface area contributed by atoms with E-state index in [0.29, 0.717) is 6.04 Å². The molecule has 0 radical (unpaired) electrons. The van der Waals surface area contributed by atoms with Gasteiger partial charge in [0.15, 0.2) is 0 Å². The molecular formula is C19H17N. The van der Waals surface area contributed by atoms with Crippen LogP contribution in [0.1, 0.15) is 22.7 Å². The minimum absolute atomic E-state index is 0.425. The van der Waals surface area contributed by atoms with Gasteiger partial charge in [-0.2, -0.15) is 0 Å². The second-order valence-electron chi connectivity index (χ2n) is 5.47. The summed E-state index contributed by atoms with van der Waals surface area (Å²) in [7, 11) is 0. The van der Waals surface area contributed by atoms with Crippen molar-refractivity contribution in [1.29, 1.82) is 0 Å². The smallest absolute Gasteiger partial charge is 0.0364 e. The molecule has 1 aliphatic heterocycles. The maximum Gasteiger partial charge on any atom is 0.0364 e. The third-order valence-corrected chi connectivity index (χ3v) is 4.29. The Morgan fingerprint density at radius 3 is 2.50 bits per heavy atom. The van der Waals surface area contributed by atoms with Crippen LogP contribution in [0.4, 0.5) is 0 Å². The Kier molecular flexibility index (Phi) is 2.79. The fourth-order valence-corrected chi connectivity index (χ4v) is 3.22. The third kappa shape index (κ3) is 1.91. The lowest BCUT2D eigenvalue weighted by atomic mass is 9.88.